The molecule has 0 aromatic rings. The summed E-state index contributed by atoms with van der Waals surface area (Å²) in [5, 5.41) is 0. The molecule has 0 aromatic carbocycles. The van der Waals surface area contributed by atoms with Gasteiger partial charge in [-0.3, -0.25) is 0 Å². The summed E-state index contributed by atoms with van der Waals surface area (Å²) in [5.74, 6) is 2.22. The van der Waals surface area contributed by atoms with Gasteiger partial charge in [-0.25, -0.2) is 0 Å². The van der Waals surface area contributed by atoms with Crippen LogP contribution in [0.4, 0.5) is 0 Å². The Bertz CT molecular complexity index is 242. The van der Waals surface area contributed by atoms with Crippen molar-refractivity contribution in [3.63, 3.8) is 0 Å². The molecule has 0 bridgehead atoms. The Morgan fingerprint density at radius 2 is 1.14 bits per heavy atom. The third-order valence-electron chi connectivity index (χ3n) is 1.21. The number of rotatable bonds is 6. The van der Waals surface area contributed by atoms with Gasteiger partial charge in [0.1, 0.15) is 0 Å². The Hall–Kier alpha value is 1.04. The Balaban J connectivity index is 3.57. The molecule has 4 heteroatoms. The van der Waals surface area contributed by atoms with Crippen LogP contribution >= 0.6 is 34.9 Å². The maximum Gasteiger partial charge on any atom is 0.0154 e. The molecule has 0 atom stereocenters. The Morgan fingerprint density at radius 3 is 1.36 bits per heavy atom. The highest BCUT2D eigenvalue weighted by Crippen LogP contribution is 2.51. The Morgan fingerprint density at radius 1 is 0.857 bits per heavy atom. The molecule has 0 saturated carbocycles. The predicted molar refractivity (Wildman–Crippen MR) is 85.8 cm³/mol. The summed E-state index contributed by atoms with van der Waals surface area (Å²) in [6, 6.07) is 0. The van der Waals surface area contributed by atoms with Crippen LogP contribution in [0.1, 0.15) is 0 Å². The molecule has 84 valence electrons. The first kappa shape index (κ1) is 15.0. The van der Waals surface area contributed by atoms with Gasteiger partial charge in [0.2, 0.25) is 0 Å². The van der Waals surface area contributed by atoms with Crippen LogP contribution < -0.4 is 0 Å². The molecule has 0 saturated heterocycles. The first-order valence-corrected chi connectivity index (χ1v) is 13.4. The Labute approximate surface area is 97.8 Å². The van der Waals surface area contributed by atoms with E-state index in [9.17, 15) is 0 Å². The monoisotopic (exact) mass is 268 g/mol. The van der Waals surface area contributed by atoms with E-state index in [4.69, 9.17) is 0 Å². The number of hydrogen-bond acceptors (Lipinski definition) is 2. The fraction of sp³-hybridized carbons (Fsp3) is 0.600. The minimum atomic E-state index is -0.894. The molecule has 0 aliphatic rings. The second-order valence-electron chi connectivity index (χ2n) is 4.21. The Kier molecular flexibility index (Phi) is 7.07. The molecule has 0 fully saturated rings. The summed E-state index contributed by atoms with van der Waals surface area (Å²) in [5.41, 5.74) is 0. The van der Waals surface area contributed by atoms with Crippen molar-refractivity contribution in [3.05, 3.63) is 12.2 Å². The van der Waals surface area contributed by atoms with Crippen molar-refractivity contribution < 1.29 is 0 Å². The molecule has 0 amide bonds. The average molecular weight is 268 g/mol. The SMILES string of the molecule is C=P(C)(C)SCC=CCSP(=C)(C)C. The fourth-order valence-corrected chi connectivity index (χ4v) is 4.81. The maximum atomic E-state index is 4.16. The molecule has 0 rings (SSSR count). The van der Waals surface area contributed by atoms with E-state index in [-0.39, 0.29) is 0 Å². The lowest BCUT2D eigenvalue weighted by Crippen LogP contribution is -1.75. The van der Waals surface area contributed by atoms with E-state index < -0.39 is 12.2 Å². The van der Waals surface area contributed by atoms with Gasteiger partial charge in [0.15, 0.2) is 0 Å². The molecule has 0 aliphatic carbocycles. The summed E-state index contributed by atoms with van der Waals surface area (Å²) in [7, 11) is 0. The molecule has 0 radical (unpaired) electrons. The van der Waals surface area contributed by atoms with Crippen LogP contribution in [0.3, 0.4) is 0 Å². The van der Waals surface area contributed by atoms with E-state index in [1.807, 2.05) is 22.8 Å². The van der Waals surface area contributed by atoms with Gasteiger partial charge in [-0.05, 0) is 26.7 Å². The summed E-state index contributed by atoms with van der Waals surface area (Å²) in [6.07, 6.45) is 11.1. The fourth-order valence-electron chi connectivity index (χ4n) is 0.626. The smallest absolute Gasteiger partial charge is 0.0154 e. The van der Waals surface area contributed by atoms with Crippen molar-refractivity contribution in [1.82, 2.24) is 0 Å². The summed E-state index contributed by atoms with van der Waals surface area (Å²) < 4.78 is 0. The van der Waals surface area contributed by atoms with Crippen LogP contribution in [-0.2, 0) is 0 Å². The summed E-state index contributed by atoms with van der Waals surface area (Å²) >= 11 is 3.98. The quantitative estimate of drug-likeness (QED) is 0.521. The molecule has 0 aromatic heterocycles. The van der Waals surface area contributed by atoms with E-state index in [0.717, 1.165) is 11.5 Å². The molecular formula is C10H22P2S2. The van der Waals surface area contributed by atoms with Crippen LogP contribution in [0.25, 0.3) is 0 Å². The van der Waals surface area contributed by atoms with Crippen molar-refractivity contribution >= 4 is 47.5 Å². The zero-order valence-corrected chi connectivity index (χ0v) is 13.1. The standard InChI is InChI=1S/C10H22P2S2/c1-11(2,3)13-9-7-8-10-14-12(4,5)6/h7-8H,1,4,9-10H2,2-3,5-6H3. The van der Waals surface area contributed by atoms with E-state index in [2.05, 4.69) is 51.4 Å². The highest BCUT2D eigenvalue weighted by Gasteiger charge is 1.98. The van der Waals surface area contributed by atoms with Crippen LogP contribution in [0.5, 0.6) is 0 Å². The highest BCUT2D eigenvalue weighted by atomic mass is 32.7. The lowest BCUT2D eigenvalue weighted by molar-refractivity contribution is 1.68. The van der Waals surface area contributed by atoms with Crippen LogP contribution in [-0.4, -0.2) is 50.8 Å². The van der Waals surface area contributed by atoms with Gasteiger partial charge in [-0.1, -0.05) is 36.9 Å². The molecule has 0 nitrogen and oxygen atoms in total. The minimum absolute atomic E-state index is 0.894. The zero-order chi connectivity index (χ0) is 11.2. The normalized spacial score (nSPS) is 13.7. The summed E-state index contributed by atoms with van der Waals surface area (Å²) in [4.78, 5) is 0. The largest absolute Gasteiger partial charge is 0.132 e. The highest BCUT2D eigenvalue weighted by molar-refractivity contribution is 8.61. The van der Waals surface area contributed by atoms with Gasteiger partial charge < -0.3 is 0 Å². The molecule has 0 aliphatic heterocycles. The van der Waals surface area contributed by atoms with Gasteiger partial charge in [0.05, 0.1) is 0 Å². The summed E-state index contributed by atoms with van der Waals surface area (Å²) in [6.45, 7) is 9.02. The van der Waals surface area contributed by atoms with Gasteiger partial charge in [0.25, 0.3) is 0 Å². The first-order chi connectivity index (χ1) is 6.21. The van der Waals surface area contributed by atoms with E-state index in [1.54, 1.807) is 0 Å². The van der Waals surface area contributed by atoms with Crippen molar-refractivity contribution in [2.24, 2.45) is 0 Å². The zero-order valence-electron chi connectivity index (χ0n) is 9.69. The second kappa shape index (κ2) is 6.59. The van der Waals surface area contributed by atoms with Crippen molar-refractivity contribution in [2.75, 3.05) is 38.2 Å². The van der Waals surface area contributed by atoms with Crippen LogP contribution in [0, 0.1) is 0 Å². The van der Waals surface area contributed by atoms with Crippen LogP contribution in [0.15, 0.2) is 12.2 Å². The minimum Gasteiger partial charge on any atom is -0.132 e. The maximum absolute atomic E-state index is 4.16. The van der Waals surface area contributed by atoms with Crippen LogP contribution in [0.2, 0.25) is 0 Å². The number of hydrogen-bond donors (Lipinski definition) is 0. The van der Waals surface area contributed by atoms with Crippen molar-refractivity contribution in [1.29, 1.82) is 0 Å². The topological polar surface area (TPSA) is 0 Å². The lowest BCUT2D eigenvalue weighted by Gasteiger charge is -2.10. The molecule has 0 unspecified atom stereocenters. The van der Waals surface area contributed by atoms with E-state index in [1.165, 1.54) is 0 Å². The van der Waals surface area contributed by atoms with Gasteiger partial charge in [-0.15, -0.1) is 22.8 Å². The third kappa shape index (κ3) is 13.0. The molecule has 14 heavy (non-hydrogen) atoms. The molecule has 0 N–H and O–H groups in total. The van der Waals surface area contributed by atoms with Gasteiger partial charge in [-0.2, -0.15) is 0 Å². The molecule has 0 spiro atoms. The second-order valence-corrected chi connectivity index (χ2v) is 19.2. The third-order valence-corrected chi connectivity index (χ3v) is 8.38. The lowest BCUT2D eigenvalue weighted by atomic mass is 10.6. The van der Waals surface area contributed by atoms with Gasteiger partial charge >= 0.3 is 0 Å². The molecular weight excluding hydrogens is 246 g/mol. The van der Waals surface area contributed by atoms with Crippen molar-refractivity contribution in [3.8, 4) is 0 Å². The predicted octanol–water partition coefficient (Wildman–Crippen LogP) is 4.26. The van der Waals surface area contributed by atoms with Crippen molar-refractivity contribution in [2.45, 2.75) is 0 Å². The first-order valence-electron chi connectivity index (χ1n) is 4.51. The molecule has 0 heterocycles. The van der Waals surface area contributed by atoms with E-state index >= 15 is 0 Å². The van der Waals surface area contributed by atoms with E-state index in [0.29, 0.717) is 0 Å². The average Bonchev–Trinajstić information content (AvgIpc) is 1.92. The van der Waals surface area contributed by atoms with Gasteiger partial charge in [0, 0.05) is 11.5 Å².